The molecule has 0 aliphatic heterocycles. The van der Waals surface area contributed by atoms with Crippen molar-refractivity contribution in [3.8, 4) is 5.75 Å². The van der Waals surface area contributed by atoms with Crippen molar-refractivity contribution in [2.24, 2.45) is 5.10 Å². The first-order valence-corrected chi connectivity index (χ1v) is 10.5. The van der Waals surface area contributed by atoms with E-state index < -0.39 is 5.91 Å². The summed E-state index contributed by atoms with van der Waals surface area (Å²) in [6.07, 6.45) is 0. The molecule has 3 rings (SSSR count). The number of halogens is 3. The van der Waals surface area contributed by atoms with E-state index in [1.54, 1.807) is 67.6 Å². The van der Waals surface area contributed by atoms with E-state index >= 15 is 0 Å². The average molecular weight is 491 g/mol. The Morgan fingerprint density at radius 1 is 0.875 bits per heavy atom. The Labute approximate surface area is 200 Å². The number of benzene rings is 3. The molecule has 0 unspecified atom stereocenters. The maximum Gasteiger partial charge on any atom is 0.277 e. The van der Waals surface area contributed by atoms with Gasteiger partial charge in [-0.1, -0.05) is 46.9 Å². The molecule has 2 N–H and O–H groups in total. The van der Waals surface area contributed by atoms with E-state index in [0.29, 0.717) is 37.8 Å². The number of nitrogens with zero attached hydrogens (tertiary/aromatic N) is 1. The zero-order chi connectivity index (χ0) is 23.1. The first-order chi connectivity index (χ1) is 15.3. The lowest BCUT2D eigenvalue weighted by Crippen LogP contribution is -2.25. The van der Waals surface area contributed by atoms with Crippen LogP contribution in [0.1, 0.15) is 22.8 Å². The normalized spacial score (nSPS) is 11.1. The highest BCUT2D eigenvalue weighted by molar-refractivity contribution is 6.35. The summed E-state index contributed by atoms with van der Waals surface area (Å²) < 4.78 is 5.37. The zero-order valence-corrected chi connectivity index (χ0v) is 19.1. The molecule has 3 aromatic carbocycles. The van der Waals surface area contributed by atoms with Gasteiger partial charge in [0.05, 0.1) is 10.7 Å². The lowest BCUT2D eigenvalue weighted by Gasteiger charge is -2.08. The van der Waals surface area contributed by atoms with E-state index in [1.807, 2.05) is 0 Å². The highest BCUT2D eigenvalue weighted by Crippen LogP contribution is 2.27. The summed E-state index contributed by atoms with van der Waals surface area (Å²) in [5.74, 6) is -0.335. The number of nitrogens with one attached hydrogen (secondary N) is 2. The van der Waals surface area contributed by atoms with Gasteiger partial charge in [-0.2, -0.15) is 5.10 Å². The summed E-state index contributed by atoms with van der Waals surface area (Å²) in [4.78, 5) is 24.3. The van der Waals surface area contributed by atoms with Crippen molar-refractivity contribution in [1.82, 2.24) is 5.43 Å². The van der Waals surface area contributed by atoms with Crippen LogP contribution in [0.5, 0.6) is 5.75 Å². The van der Waals surface area contributed by atoms with Crippen LogP contribution < -0.4 is 15.5 Å². The molecule has 9 heteroatoms. The molecule has 6 nitrogen and oxygen atoms in total. The Hall–Kier alpha value is -3.06. The van der Waals surface area contributed by atoms with Gasteiger partial charge in [0, 0.05) is 21.3 Å². The van der Waals surface area contributed by atoms with E-state index in [2.05, 4.69) is 15.8 Å². The number of carbonyl (C=O) groups excluding carboxylic acids is 2. The largest absolute Gasteiger partial charge is 0.482 e. The minimum atomic E-state index is -0.442. The van der Waals surface area contributed by atoms with Gasteiger partial charge in [-0.25, -0.2) is 5.43 Å². The molecule has 3 aromatic rings. The van der Waals surface area contributed by atoms with Gasteiger partial charge in [0.25, 0.3) is 11.8 Å². The Kier molecular flexibility index (Phi) is 8.11. The SMILES string of the molecule is CC(=NNC(=O)COc1ccc(Cl)cc1Cl)c1ccc(NC(=O)c2ccc(Cl)cc2)cc1. The van der Waals surface area contributed by atoms with Gasteiger partial charge >= 0.3 is 0 Å². The Morgan fingerprint density at radius 3 is 2.16 bits per heavy atom. The highest BCUT2D eigenvalue weighted by Gasteiger charge is 2.08. The summed E-state index contributed by atoms with van der Waals surface area (Å²) in [6.45, 7) is 1.49. The number of hydrogen-bond donors (Lipinski definition) is 2. The molecule has 0 saturated carbocycles. The van der Waals surface area contributed by atoms with Crippen molar-refractivity contribution in [3.05, 3.63) is 92.9 Å². The quantitative estimate of drug-likeness (QED) is 0.323. The number of hydrazone groups is 1. The topological polar surface area (TPSA) is 79.8 Å². The van der Waals surface area contributed by atoms with Crippen LogP contribution in [0.25, 0.3) is 0 Å². The zero-order valence-electron chi connectivity index (χ0n) is 16.9. The third-order valence-corrected chi connectivity index (χ3v) is 5.05. The van der Waals surface area contributed by atoms with Crippen LogP contribution >= 0.6 is 34.8 Å². The van der Waals surface area contributed by atoms with Crippen molar-refractivity contribution in [2.45, 2.75) is 6.92 Å². The molecule has 0 aromatic heterocycles. The molecule has 0 aliphatic carbocycles. The van der Waals surface area contributed by atoms with Crippen LogP contribution in [0.15, 0.2) is 71.8 Å². The number of anilines is 1. The second-order valence-corrected chi connectivity index (χ2v) is 7.91. The van der Waals surface area contributed by atoms with Gasteiger partial charge in [0.15, 0.2) is 6.61 Å². The molecule has 0 saturated heterocycles. The van der Waals surface area contributed by atoms with Crippen LogP contribution in [0.4, 0.5) is 5.69 Å². The summed E-state index contributed by atoms with van der Waals surface area (Å²) in [5.41, 5.74) is 4.91. The van der Waals surface area contributed by atoms with E-state index in [4.69, 9.17) is 39.5 Å². The molecule has 0 atom stereocenters. The molecule has 0 spiro atoms. The highest BCUT2D eigenvalue weighted by atomic mass is 35.5. The van der Waals surface area contributed by atoms with Crippen LogP contribution in [-0.2, 0) is 4.79 Å². The van der Waals surface area contributed by atoms with Crippen LogP contribution in [0, 0.1) is 0 Å². The lowest BCUT2D eigenvalue weighted by molar-refractivity contribution is -0.123. The molecule has 2 amide bonds. The van der Waals surface area contributed by atoms with Crippen LogP contribution in [-0.4, -0.2) is 24.1 Å². The summed E-state index contributed by atoms with van der Waals surface area (Å²) in [5, 5.41) is 8.23. The predicted octanol–water partition coefficient (Wildman–Crippen LogP) is 5.82. The number of ether oxygens (including phenoxy) is 1. The fraction of sp³-hybridized carbons (Fsp3) is 0.0870. The first-order valence-electron chi connectivity index (χ1n) is 9.40. The fourth-order valence-electron chi connectivity index (χ4n) is 2.58. The minimum Gasteiger partial charge on any atom is -0.482 e. The maximum absolute atomic E-state index is 12.3. The average Bonchev–Trinajstić information content (AvgIpc) is 2.77. The Balaban J connectivity index is 1.52. The van der Waals surface area contributed by atoms with E-state index in [0.717, 1.165) is 5.56 Å². The van der Waals surface area contributed by atoms with E-state index in [9.17, 15) is 9.59 Å². The van der Waals surface area contributed by atoms with Crippen LogP contribution in [0.3, 0.4) is 0 Å². The smallest absolute Gasteiger partial charge is 0.277 e. The van der Waals surface area contributed by atoms with E-state index in [-0.39, 0.29) is 12.5 Å². The van der Waals surface area contributed by atoms with Crippen molar-refractivity contribution in [2.75, 3.05) is 11.9 Å². The number of amides is 2. The second kappa shape index (κ2) is 11.0. The van der Waals surface area contributed by atoms with Crippen molar-refractivity contribution in [1.29, 1.82) is 0 Å². The Bertz CT molecular complexity index is 1150. The minimum absolute atomic E-state index is 0.243. The Morgan fingerprint density at radius 2 is 1.50 bits per heavy atom. The van der Waals surface area contributed by atoms with Crippen molar-refractivity contribution in [3.63, 3.8) is 0 Å². The molecule has 0 bridgehead atoms. The maximum atomic E-state index is 12.3. The molecule has 0 fully saturated rings. The van der Waals surface area contributed by atoms with Gasteiger partial charge in [0.2, 0.25) is 0 Å². The van der Waals surface area contributed by atoms with Gasteiger partial charge < -0.3 is 10.1 Å². The standard InChI is InChI=1S/C23H18Cl3N3O3/c1-14(28-29-22(30)13-32-21-11-8-18(25)12-20(21)26)15-4-9-19(10-5-15)27-23(31)16-2-6-17(24)7-3-16/h2-12H,13H2,1H3,(H,27,31)(H,29,30). The summed E-state index contributed by atoms with van der Waals surface area (Å²) in [7, 11) is 0. The lowest BCUT2D eigenvalue weighted by atomic mass is 10.1. The third kappa shape index (κ3) is 6.72. The van der Waals surface area contributed by atoms with Gasteiger partial charge in [0.1, 0.15) is 5.75 Å². The number of rotatable bonds is 7. The third-order valence-electron chi connectivity index (χ3n) is 4.27. The summed E-state index contributed by atoms with van der Waals surface area (Å²) in [6, 6.07) is 18.4. The monoisotopic (exact) mass is 489 g/mol. The van der Waals surface area contributed by atoms with Crippen LogP contribution in [0.2, 0.25) is 15.1 Å². The molecule has 32 heavy (non-hydrogen) atoms. The first kappa shape index (κ1) is 23.6. The molecular weight excluding hydrogens is 473 g/mol. The summed E-state index contributed by atoms with van der Waals surface area (Å²) >= 11 is 17.7. The molecule has 0 radical (unpaired) electrons. The molecule has 0 heterocycles. The molecule has 164 valence electrons. The van der Waals surface area contributed by atoms with Crippen molar-refractivity contribution < 1.29 is 14.3 Å². The van der Waals surface area contributed by atoms with E-state index in [1.165, 1.54) is 6.07 Å². The van der Waals surface area contributed by atoms with Gasteiger partial charge in [-0.15, -0.1) is 0 Å². The van der Waals surface area contributed by atoms with Crippen molar-refractivity contribution >= 4 is 58.0 Å². The molecular formula is C23H18Cl3N3O3. The number of hydrogen-bond acceptors (Lipinski definition) is 4. The number of carbonyl (C=O) groups is 2. The fourth-order valence-corrected chi connectivity index (χ4v) is 3.17. The predicted molar refractivity (Wildman–Crippen MR) is 128 cm³/mol. The van der Waals surface area contributed by atoms with Gasteiger partial charge in [-0.3, -0.25) is 9.59 Å². The van der Waals surface area contributed by atoms with Gasteiger partial charge in [-0.05, 0) is 67.1 Å². The molecule has 0 aliphatic rings. The second-order valence-electron chi connectivity index (χ2n) is 6.63.